The van der Waals surface area contributed by atoms with E-state index in [1.54, 1.807) is 23.2 Å². The van der Waals surface area contributed by atoms with Gasteiger partial charge in [-0.05, 0) is 37.8 Å². The quantitative estimate of drug-likeness (QED) is 0.879. The number of nitriles is 1. The van der Waals surface area contributed by atoms with E-state index in [1.807, 2.05) is 0 Å². The third-order valence-corrected chi connectivity index (χ3v) is 5.19. The SMILES string of the molecule is N#Cc1cccnc1N1CCC(C(=O)N2CCCC(C(N)=O)C2)CC1. The zero-order valence-electron chi connectivity index (χ0n) is 14.2. The fraction of sp³-hybridized carbons (Fsp3) is 0.556. The van der Waals surface area contributed by atoms with Crippen LogP contribution in [0.3, 0.4) is 0 Å². The van der Waals surface area contributed by atoms with Gasteiger partial charge in [-0.3, -0.25) is 9.59 Å². The van der Waals surface area contributed by atoms with Crippen LogP contribution in [-0.2, 0) is 9.59 Å². The van der Waals surface area contributed by atoms with Gasteiger partial charge in [0.1, 0.15) is 11.9 Å². The van der Waals surface area contributed by atoms with Crippen LogP contribution in [0.25, 0.3) is 0 Å². The number of piperidine rings is 2. The Balaban J connectivity index is 1.59. The van der Waals surface area contributed by atoms with Crippen LogP contribution in [0.5, 0.6) is 0 Å². The van der Waals surface area contributed by atoms with Crippen molar-refractivity contribution in [1.82, 2.24) is 9.88 Å². The predicted molar refractivity (Wildman–Crippen MR) is 92.4 cm³/mol. The largest absolute Gasteiger partial charge is 0.369 e. The Morgan fingerprint density at radius 1 is 1.20 bits per heavy atom. The number of hydrogen-bond acceptors (Lipinski definition) is 5. The van der Waals surface area contributed by atoms with Gasteiger partial charge >= 0.3 is 0 Å². The molecule has 0 aliphatic carbocycles. The van der Waals surface area contributed by atoms with Crippen molar-refractivity contribution in [2.24, 2.45) is 17.6 Å². The molecule has 2 saturated heterocycles. The lowest BCUT2D eigenvalue weighted by Crippen LogP contribution is -2.48. The standard InChI is InChI=1S/C18H23N5O2/c19-11-14-3-1-7-21-17(14)22-9-5-13(6-10-22)18(25)23-8-2-4-15(12-23)16(20)24/h1,3,7,13,15H,2,4-6,8-10,12H2,(H2,20,24). The van der Waals surface area contributed by atoms with E-state index in [4.69, 9.17) is 5.73 Å². The van der Waals surface area contributed by atoms with Crippen LogP contribution in [0.15, 0.2) is 18.3 Å². The van der Waals surface area contributed by atoms with Crippen molar-refractivity contribution in [3.63, 3.8) is 0 Å². The molecule has 2 aliphatic rings. The van der Waals surface area contributed by atoms with Crippen molar-refractivity contribution in [3.05, 3.63) is 23.9 Å². The summed E-state index contributed by atoms with van der Waals surface area (Å²) in [5, 5.41) is 9.21. The number of pyridine rings is 1. The van der Waals surface area contributed by atoms with Crippen molar-refractivity contribution in [3.8, 4) is 6.07 Å². The van der Waals surface area contributed by atoms with Gasteiger partial charge in [-0.1, -0.05) is 0 Å². The molecule has 25 heavy (non-hydrogen) atoms. The number of carbonyl (C=O) groups is 2. The monoisotopic (exact) mass is 341 g/mol. The van der Waals surface area contributed by atoms with Crippen molar-refractivity contribution in [2.45, 2.75) is 25.7 Å². The number of carbonyl (C=O) groups excluding carboxylic acids is 2. The molecule has 7 nitrogen and oxygen atoms in total. The van der Waals surface area contributed by atoms with Gasteiger partial charge in [0.2, 0.25) is 11.8 Å². The molecule has 1 aromatic rings. The minimum Gasteiger partial charge on any atom is -0.369 e. The van der Waals surface area contributed by atoms with E-state index in [2.05, 4.69) is 16.0 Å². The van der Waals surface area contributed by atoms with Crippen molar-refractivity contribution >= 4 is 17.6 Å². The summed E-state index contributed by atoms with van der Waals surface area (Å²) >= 11 is 0. The lowest BCUT2D eigenvalue weighted by atomic mass is 9.92. The average molecular weight is 341 g/mol. The second kappa shape index (κ2) is 7.51. The molecule has 3 heterocycles. The molecule has 2 N–H and O–H groups in total. The minimum absolute atomic E-state index is 0.0304. The van der Waals surface area contributed by atoms with Crippen LogP contribution in [-0.4, -0.2) is 47.9 Å². The van der Waals surface area contributed by atoms with E-state index in [1.165, 1.54) is 0 Å². The summed E-state index contributed by atoms with van der Waals surface area (Å²) in [6.45, 7) is 2.57. The molecule has 0 aromatic carbocycles. The second-order valence-corrected chi connectivity index (χ2v) is 6.77. The molecule has 1 aromatic heterocycles. The van der Waals surface area contributed by atoms with E-state index in [-0.39, 0.29) is 23.7 Å². The number of anilines is 1. The number of nitrogens with zero attached hydrogens (tertiary/aromatic N) is 4. The van der Waals surface area contributed by atoms with Gasteiger partial charge in [-0.15, -0.1) is 0 Å². The van der Waals surface area contributed by atoms with Crippen LogP contribution >= 0.6 is 0 Å². The molecule has 0 radical (unpaired) electrons. The zero-order chi connectivity index (χ0) is 17.8. The number of nitrogens with two attached hydrogens (primary N) is 1. The van der Waals surface area contributed by atoms with E-state index >= 15 is 0 Å². The van der Waals surface area contributed by atoms with Crippen LogP contribution in [0.1, 0.15) is 31.2 Å². The van der Waals surface area contributed by atoms with Gasteiger partial charge < -0.3 is 15.5 Å². The van der Waals surface area contributed by atoms with Gasteiger partial charge in [0.15, 0.2) is 0 Å². The van der Waals surface area contributed by atoms with Crippen LogP contribution in [0, 0.1) is 23.2 Å². The molecule has 1 unspecified atom stereocenters. The van der Waals surface area contributed by atoms with E-state index < -0.39 is 0 Å². The molecule has 0 bridgehead atoms. The summed E-state index contributed by atoms with van der Waals surface area (Å²) in [5.74, 6) is 0.267. The van der Waals surface area contributed by atoms with Crippen molar-refractivity contribution < 1.29 is 9.59 Å². The molecule has 2 aliphatic heterocycles. The maximum Gasteiger partial charge on any atom is 0.225 e. The molecule has 0 saturated carbocycles. The first kappa shape index (κ1) is 17.2. The Hall–Kier alpha value is -2.62. The van der Waals surface area contributed by atoms with E-state index in [9.17, 15) is 14.9 Å². The fourth-order valence-corrected chi connectivity index (χ4v) is 3.74. The van der Waals surface area contributed by atoms with Crippen molar-refractivity contribution in [1.29, 1.82) is 5.26 Å². The number of rotatable bonds is 3. The number of hydrogen-bond donors (Lipinski definition) is 1. The smallest absolute Gasteiger partial charge is 0.225 e. The van der Waals surface area contributed by atoms with Gasteiger partial charge in [-0.25, -0.2) is 4.98 Å². The summed E-state index contributed by atoms with van der Waals surface area (Å²) in [7, 11) is 0. The van der Waals surface area contributed by atoms with Gasteiger partial charge in [0.05, 0.1) is 11.5 Å². The predicted octanol–water partition coefficient (Wildman–Crippen LogP) is 0.894. The van der Waals surface area contributed by atoms with Crippen molar-refractivity contribution in [2.75, 3.05) is 31.1 Å². The normalized spacial score (nSPS) is 21.6. The summed E-state index contributed by atoms with van der Waals surface area (Å²) in [5.41, 5.74) is 5.96. The van der Waals surface area contributed by atoms with Gasteiger partial charge in [-0.2, -0.15) is 5.26 Å². The molecule has 132 valence electrons. The second-order valence-electron chi connectivity index (χ2n) is 6.77. The fourth-order valence-electron chi connectivity index (χ4n) is 3.74. The Labute approximate surface area is 147 Å². The number of primary amides is 1. The number of amides is 2. The first-order chi connectivity index (χ1) is 12.1. The Bertz CT molecular complexity index is 691. The molecule has 2 amide bonds. The molecule has 3 rings (SSSR count). The Morgan fingerprint density at radius 2 is 1.96 bits per heavy atom. The summed E-state index contributed by atoms with van der Waals surface area (Å²) < 4.78 is 0. The molecular formula is C18H23N5O2. The summed E-state index contributed by atoms with van der Waals surface area (Å²) in [4.78, 5) is 32.4. The molecular weight excluding hydrogens is 318 g/mol. The maximum atomic E-state index is 12.8. The van der Waals surface area contributed by atoms with Gasteiger partial charge in [0.25, 0.3) is 0 Å². The van der Waals surface area contributed by atoms with E-state index in [0.717, 1.165) is 25.7 Å². The van der Waals surface area contributed by atoms with Gasteiger partial charge in [0, 0.05) is 38.3 Å². The summed E-state index contributed by atoms with van der Waals surface area (Å²) in [6.07, 6.45) is 4.76. The van der Waals surface area contributed by atoms with E-state index in [0.29, 0.717) is 37.6 Å². The molecule has 2 fully saturated rings. The Morgan fingerprint density at radius 3 is 2.64 bits per heavy atom. The highest BCUT2D eigenvalue weighted by atomic mass is 16.2. The third kappa shape index (κ3) is 3.73. The van der Waals surface area contributed by atoms with Crippen LogP contribution < -0.4 is 10.6 Å². The topological polar surface area (TPSA) is 103 Å². The highest BCUT2D eigenvalue weighted by Gasteiger charge is 2.33. The highest BCUT2D eigenvalue weighted by Crippen LogP contribution is 2.27. The summed E-state index contributed by atoms with van der Waals surface area (Å²) in [6, 6.07) is 5.69. The molecule has 7 heteroatoms. The van der Waals surface area contributed by atoms with Crippen LogP contribution in [0.2, 0.25) is 0 Å². The molecule has 1 atom stereocenters. The first-order valence-corrected chi connectivity index (χ1v) is 8.78. The number of likely N-dealkylation sites (tertiary alicyclic amines) is 1. The third-order valence-electron chi connectivity index (χ3n) is 5.19. The minimum atomic E-state index is -0.313. The molecule has 0 spiro atoms. The highest BCUT2D eigenvalue weighted by molar-refractivity contribution is 5.81. The lowest BCUT2D eigenvalue weighted by Gasteiger charge is -2.37. The van der Waals surface area contributed by atoms with Crippen LogP contribution in [0.4, 0.5) is 5.82 Å². The zero-order valence-corrected chi connectivity index (χ0v) is 14.2. The first-order valence-electron chi connectivity index (χ1n) is 8.78. The maximum absolute atomic E-state index is 12.8. The Kier molecular flexibility index (Phi) is 5.17. The number of aromatic nitrogens is 1. The lowest BCUT2D eigenvalue weighted by molar-refractivity contribution is -0.139. The average Bonchev–Trinajstić information content (AvgIpc) is 2.67.